The highest BCUT2D eigenvalue weighted by Crippen LogP contribution is 2.30. The zero-order valence-electron chi connectivity index (χ0n) is 12.5. The zero-order valence-corrected chi connectivity index (χ0v) is 12.5. The molecule has 2 aliphatic heterocycles. The predicted octanol–water partition coefficient (Wildman–Crippen LogP) is 1.10. The van der Waals surface area contributed by atoms with Crippen molar-refractivity contribution in [2.45, 2.75) is 12.1 Å². The van der Waals surface area contributed by atoms with E-state index in [1.165, 1.54) is 0 Å². The van der Waals surface area contributed by atoms with Gasteiger partial charge in [-0.3, -0.25) is 4.79 Å². The fraction of sp³-hybridized carbons (Fsp3) is 0.375. The number of likely N-dealkylation sites (N-methyl/N-ethyl adjacent to an activating group) is 1. The topological polar surface area (TPSA) is 61.9 Å². The van der Waals surface area contributed by atoms with Gasteiger partial charge in [-0.1, -0.05) is 18.2 Å². The van der Waals surface area contributed by atoms with E-state index in [4.69, 9.17) is 4.74 Å². The summed E-state index contributed by atoms with van der Waals surface area (Å²) in [7, 11) is 1.76. The highest BCUT2D eigenvalue weighted by molar-refractivity contribution is 5.97. The molecule has 1 saturated heterocycles. The summed E-state index contributed by atoms with van der Waals surface area (Å²) in [4.78, 5) is 28.0. The standard InChI is InChI=1S/C16H19N3O3/c1-3-8-17-16(21)19-9-12-14(10-19)22-13-7-5-4-6-11(13)15(20)18(12)2/h3-7,12,14H,1,8-10H2,2H3,(H,17,21). The third kappa shape index (κ3) is 2.41. The highest BCUT2D eigenvalue weighted by Gasteiger charge is 2.43. The van der Waals surface area contributed by atoms with Crippen molar-refractivity contribution in [2.24, 2.45) is 0 Å². The Hall–Kier alpha value is -2.50. The van der Waals surface area contributed by atoms with E-state index < -0.39 is 0 Å². The van der Waals surface area contributed by atoms with E-state index in [1.807, 2.05) is 12.1 Å². The van der Waals surface area contributed by atoms with Gasteiger partial charge in [0.05, 0.1) is 18.2 Å². The Labute approximate surface area is 129 Å². The van der Waals surface area contributed by atoms with Crippen molar-refractivity contribution < 1.29 is 14.3 Å². The first-order valence-electron chi connectivity index (χ1n) is 7.28. The number of amides is 3. The van der Waals surface area contributed by atoms with Gasteiger partial charge in [0.15, 0.2) is 0 Å². The average Bonchev–Trinajstić information content (AvgIpc) is 2.92. The third-order valence-electron chi connectivity index (χ3n) is 4.14. The number of hydrogen-bond acceptors (Lipinski definition) is 3. The second-order valence-corrected chi connectivity index (χ2v) is 5.52. The first-order valence-corrected chi connectivity index (χ1v) is 7.28. The van der Waals surface area contributed by atoms with Gasteiger partial charge in [0.1, 0.15) is 11.9 Å². The van der Waals surface area contributed by atoms with Crippen LogP contribution in [0.4, 0.5) is 4.79 Å². The molecule has 1 aromatic rings. The first kappa shape index (κ1) is 14.4. The van der Waals surface area contributed by atoms with E-state index in [2.05, 4.69) is 11.9 Å². The zero-order chi connectivity index (χ0) is 15.7. The number of urea groups is 1. The first-order chi connectivity index (χ1) is 10.6. The molecular formula is C16H19N3O3. The lowest BCUT2D eigenvalue weighted by Crippen LogP contribution is -2.44. The molecule has 22 heavy (non-hydrogen) atoms. The molecule has 0 bridgehead atoms. The van der Waals surface area contributed by atoms with Gasteiger partial charge in [-0.25, -0.2) is 4.79 Å². The van der Waals surface area contributed by atoms with Crippen molar-refractivity contribution in [3.8, 4) is 5.75 Å². The maximum absolute atomic E-state index is 12.5. The number of ether oxygens (including phenoxy) is 1. The second-order valence-electron chi connectivity index (χ2n) is 5.52. The van der Waals surface area contributed by atoms with E-state index in [9.17, 15) is 9.59 Å². The Morgan fingerprint density at radius 2 is 2.23 bits per heavy atom. The van der Waals surface area contributed by atoms with Crippen LogP contribution in [0.25, 0.3) is 0 Å². The minimum absolute atomic E-state index is 0.0727. The van der Waals surface area contributed by atoms with Crippen LogP contribution < -0.4 is 10.1 Å². The average molecular weight is 301 g/mol. The molecule has 1 aromatic carbocycles. The molecule has 1 fully saturated rings. The van der Waals surface area contributed by atoms with Gasteiger partial charge < -0.3 is 19.9 Å². The van der Waals surface area contributed by atoms with Crippen LogP contribution in [0.2, 0.25) is 0 Å². The molecule has 0 saturated carbocycles. The fourth-order valence-corrected chi connectivity index (χ4v) is 2.93. The van der Waals surface area contributed by atoms with Crippen molar-refractivity contribution in [2.75, 3.05) is 26.7 Å². The summed E-state index contributed by atoms with van der Waals surface area (Å²) in [5.41, 5.74) is 0.571. The van der Waals surface area contributed by atoms with E-state index in [-0.39, 0.29) is 24.1 Å². The van der Waals surface area contributed by atoms with Gasteiger partial charge in [0.25, 0.3) is 5.91 Å². The molecule has 3 amide bonds. The fourth-order valence-electron chi connectivity index (χ4n) is 2.93. The van der Waals surface area contributed by atoms with Gasteiger partial charge >= 0.3 is 6.03 Å². The number of nitrogens with one attached hydrogen (secondary N) is 1. The van der Waals surface area contributed by atoms with Crippen molar-refractivity contribution in [1.82, 2.24) is 15.1 Å². The van der Waals surface area contributed by atoms with Gasteiger partial charge in [0.2, 0.25) is 0 Å². The number of fused-ring (bicyclic) bond motifs is 2. The Balaban J connectivity index is 1.81. The van der Waals surface area contributed by atoms with Crippen LogP contribution in [0, 0.1) is 0 Å². The quantitative estimate of drug-likeness (QED) is 0.832. The summed E-state index contributed by atoms with van der Waals surface area (Å²) in [6, 6.07) is 6.92. The number of hydrogen-bond donors (Lipinski definition) is 1. The van der Waals surface area contributed by atoms with Crippen LogP contribution in [0.5, 0.6) is 5.75 Å². The van der Waals surface area contributed by atoms with E-state index in [1.54, 1.807) is 35.1 Å². The number of rotatable bonds is 2. The Morgan fingerprint density at radius 1 is 1.45 bits per heavy atom. The highest BCUT2D eigenvalue weighted by atomic mass is 16.5. The number of carbonyl (C=O) groups excluding carboxylic acids is 2. The molecule has 2 heterocycles. The number of benzene rings is 1. The maximum Gasteiger partial charge on any atom is 0.317 e. The van der Waals surface area contributed by atoms with Crippen molar-refractivity contribution in [3.05, 3.63) is 42.5 Å². The number of para-hydroxylation sites is 1. The number of carbonyl (C=O) groups is 2. The minimum atomic E-state index is -0.216. The lowest BCUT2D eigenvalue weighted by molar-refractivity contribution is 0.0682. The largest absolute Gasteiger partial charge is 0.486 e. The van der Waals surface area contributed by atoms with Crippen LogP contribution >= 0.6 is 0 Å². The van der Waals surface area contributed by atoms with Gasteiger partial charge in [-0.05, 0) is 12.1 Å². The molecule has 0 spiro atoms. The molecule has 2 unspecified atom stereocenters. The van der Waals surface area contributed by atoms with Crippen LogP contribution in [0.15, 0.2) is 36.9 Å². The SMILES string of the molecule is C=CCNC(=O)N1CC2Oc3ccccc3C(=O)N(C)C2C1. The van der Waals surface area contributed by atoms with Crippen molar-refractivity contribution >= 4 is 11.9 Å². The maximum atomic E-state index is 12.5. The predicted molar refractivity (Wildman–Crippen MR) is 81.9 cm³/mol. The second kappa shape index (κ2) is 5.71. The normalized spacial score (nSPS) is 23.2. The molecule has 3 rings (SSSR count). The molecule has 0 aromatic heterocycles. The van der Waals surface area contributed by atoms with Crippen LogP contribution in [-0.2, 0) is 0 Å². The Kier molecular flexibility index (Phi) is 3.75. The Morgan fingerprint density at radius 3 is 3.00 bits per heavy atom. The third-order valence-corrected chi connectivity index (χ3v) is 4.14. The summed E-state index contributed by atoms with van der Waals surface area (Å²) >= 11 is 0. The van der Waals surface area contributed by atoms with Crippen molar-refractivity contribution in [3.63, 3.8) is 0 Å². The molecule has 2 aliphatic rings. The van der Waals surface area contributed by atoms with Gasteiger partial charge in [-0.2, -0.15) is 0 Å². The summed E-state index contributed by atoms with van der Waals surface area (Å²) in [6.07, 6.45) is 1.42. The van der Waals surface area contributed by atoms with E-state index in [0.717, 1.165) is 0 Å². The summed E-state index contributed by atoms with van der Waals surface area (Å²) < 4.78 is 6.00. The molecule has 0 radical (unpaired) electrons. The van der Waals surface area contributed by atoms with Crippen LogP contribution in [-0.4, -0.2) is 60.6 Å². The molecule has 0 aliphatic carbocycles. The lowest BCUT2D eigenvalue weighted by atomic mass is 10.1. The molecule has 1 N–H and O–H groups in total. The van der Waals surface area contributed by atoms with E-state index >= 15 is 0 Å². The number of nitrogens with zero attached hydrogens (tertiary/aromatic N) is 2. The summed E-state index contributed by atoms with van der Waals surface area (Å²) in [5.74, 6) is 0.511. The molecule has 6 heteroatoms. The van der Waals surface area contributed by atoms with E-state index in [0.29, 0.717) is 30.9 Å². The van der Waals surface area contributed by atoms with Crippen molar-refractivity contribution in [1.29, 1.82) is 0 Å². The molecule has 116 valence electrons. The molecule has 6 nitrogen and oxygen atoms in total. The monoisotopic (exact) mass is 301 g/mol. The lowest BCUT2D eigenvalue weighted by Gasteiger charge is -2.25. The smallest absolute Gasteiger partial charge is 0.317 e. The molecule has 2 atom stereocenters. The minimum Gasteiger partial charge on any atom is -0.486 e. The summed E-state index contributed by atoms with van der Waals surface area (Å²) in [5, 5.41) is 2.75. The van der Waals surface area contributed by atoms with Crippen LogP contribution in [0.3, 0.4) is 0 Å². The molecular weight excluding hydrogens is 282 g/mol. The van der Waals surface area contributed by atoms with Gasteiger partial charge in [-0.15, -0.1) is 6.58 Å². The number of likely N-dealkylation sites (tertiary alicyclic amines) is 1. The van der Waals surface area contributed by atoms with Crippen LogP contribution in [0.1, 0.15) is 10.4 Å². The summed E-state index contributed by atoms with van der Waals surface area (Å²) in [6.45, 7) is 4.92. The van der Waals surface area contributed by atoms with Gasteiger partial charge in [0, 0.05) is 20.1 Å². The Bertz CT molecular complexity index is 616.